The van der Waals surface area contributed by atoms with Crippen molar-refractivity contribution < 1.29 is 8.42 Å². The number of aryl methyl sites for hydroxylation is 1. The molecule has 2 aromatic carbocycles. The maximum atomic E-state index is 13.2. The van der Waals surface area contributed by atoms with Crippen LogP contribution >= 0.6 is 27.5 Å². The highest BCUT2D eigenvalue weighted by molar-refractivity contribution is 9.10. The molecule has 0 N–H and O–H groups in total. The Kier molecular flexibility index (Phi) is 4.25. The van der Waals surface area contributed by atoms with E-state index in [1.165, 1.54) is 22.7 Å². The average Bonchev–Trinajstić information content (AvgIpc) is 3.13. The molecule has 0 unspecified atom stereocenters. The second kappa shape index (κ2) is 6.63. The van der Waals surface area contributed by atoms with Crippen LogP contribution in [0.2, 0.25) is 5.28 Å². The van der Waals surface area contributed by atoms with Crippen LogP contribution < -0.4 is 5.56 Å². The summed E-state index contributed by atoms with van der Waals surface area (Å²) in [6.07, 6.45) is 1.39. The topological polar surface area (TPSA) is 86.3 Å². The van der Waals surface area contributed by atoms with Crippen molar-refractivity contribution in [3.8, 4) is 0 Å². The number of aromatic nitrogens is 4. The first-order chi connectivity index (χ1) is 14.3. The third-order valence-corrected chi connectivity index (χ3v) is 7.47. The lowest BCUT2D eigenvalue weighted by atomic mass is 10.2. The van der Waals surface area contributed by atoms with Crippen molar-refractivity contribution in [1.82, 2.24) is 18.3 Å². The molecule has 3 aromatic heterocycles. The Hall–Kier alpha value is -2.75. The van der Waals surface area contributed by atoms with Gasteiger partial charge in [-0.15, -0.1) is 0 Å². The van der Waals surface area contributed by atoms with Crippen molar-refractivity contribution in [3.63, 3.8) is 0 Å². The molecule has 0 saturated carbocycles. The van der Waals surface area contributed by atoms with Crippen LogP contribution in [0.25, 0.3) is 27.6 Å². The predicted molar refractivity (Wildman–Crippen MR) is 119 cm³/mol. The molecule has 0 saturated heterocycles. The third kappa shape index (κ3) is 2.69. The lowest BCUT2D eigenvalue weighted by Gasteiger charge is -2.10. The van der Waals surface area contributed by atoms with Crippen LogP contribution in [0.4, 0.5) is 0 Å². The number of halogens is 2. The second-order valence-electron chi connectivity index (χ2n) is 6.76. The summed E-state index contributed by atoms with van der Waals surface area (Å²) < 4.78 is 29.2. The van der Waals surface area contributed by atoms with Crippen molar-refractivity contribution >= 4 is 65.1 Å². The molecule has 30 heavy (non-hydrogen) atoms. The lowest BCUT2D eigenvalue weighted by Crippen LogP contribution is -2.19. The Morgan fingerprint density at radius 3 is 2.47 bits per heavy atom. The van der Waals surface area contributed by atoms with Gasteiger partial charge in [0.2, 0.25) is 5.28 Å². The second-order valence-corrected chi connectivity index (χ2v) is 9.77. The first-order valence-corrected chi connectivity index (χ1v) is 11.4. The van der Waals surface area contributed by atoms with Crippen LogP contribution in [-0.4, -0.2) is 26.8 Å². The molecule has 0 fully saturated rings. The largest absolute Gasteiger partial charge is 0.269 e. The molecule has 0 radical (unpaired) electrons. The minimum absolute atomic E-state index is 0.0989. The van der Waals surface area contributed by atoms with E-state index >= 15 is 0 Å². The molecular weight excluding hydrogens is 492 g/mol. The van der Waals surface area contributed by atoms with E-state index in [4.69, 9.17) is 11.6 Å². The van der Waals surface area contributed by atoms with Gasteiger partial charge in [-0.25, -0.2) is 21.8 Å². The summed E-state index contributed by atoms with van der Waals surface area (Å²) >= 11 is 9.70. The molecule has 0 atom stereocenters. The predicted octanol–water partition coefficient (Wildman–Crippen LogP) is 4.16. The molecule has 10 heteroatoms. The fourth-order valence-corrected chi connectivity index (χ4v) is 5.44. The highest BCUT2D eigenvalue weighted by atomic mass is 79.9. The molecule has 0 aliphatic rings. The third-order valence-electron chi connectivity index (χ3n) is 4.87. The monoisotopic (exact) mass is 502 g/mol. The summed E-state index contributed by atoms with van der Waals surface area (Å²) in [5.41, 5.74) is 1.35. The molecule has 0 amide bonds. The van der Waals surface area contributed by atoms with Crippen molar-refractivity contribution in [2.24, 2.45) is 0 Å². The van der Waals surface area contributed by atoms with Gasteiger partial charge in [0.1, 0.15) is 0 Å². The number of benzene rings is 2. The molecule has 3 heterocycles. The van der Waals surface area contributed by atoms with Gasteiger partial charge in [-0.1, -0.05) is 23.8 Å². The zero-order valence-corrected chi connectivity index (χ0v) is 18.5. The summed E-state index contributed by atoms with van der Waals surface area (Å²) in [6.45, 7) is 1.88. The van der Waals surface area contributed by atoms with E-state index in [9.17, 15) is 13.2 Å². The van der Waals surface area contributed by atoms with Crippen LogP contribution in [0, 0.1) is 6.92 Å². The number of nitrogens with zero attached hydrogens (tertiary/aromatic N) is 4. The number of fused-ring (bicyclic) bond motifs is 4. The van der Waals surface area contributed by atoms with Gasteiger partial charge in [-0.05, 0) is 64.8 Å². The van der Waals surface area contributed by atoms with Gasteiger partial charge in [0, 0.05) is 10.7 Å². The van der Waals surface area contributed by atoms with Gasteiger partial charge < -0.3 is 0 Å². The van der Waals surface area contributed by atoms with Gasteiger partial charge in [0.05, 0.1) is 21.2 Å². The van der Waals surface area contributed by atoms with Crippen LogP contribution in [0.15, 0.2) is 68.9 Å². The van der Waals surface area contributed by atoms with E-state index < -0.39 is 15.6 Å². The van der Waals surface area contributed by atoms with E-state index in [1.54, 1.807) is 36.4 Å². The Morgan fingerprint density at radius 2 is 1.73 bits per heavy atom. The zero-order valence-electron chi connectivity index (χ0n) is 15.4. The van der Waals surface area contributed by atoms with Crippen LogP contribution in [-0.2, 0) is 10.0 Å². The lowest BCUT2D eigenvalue weighted by molar-refractivity contribution is 0.588. The summed E-state index contributed by atoms with van der Waals surface area (Å²) in [5.74, 6) is 0. The molecule has 7 nitrogen and oxygen atoms in total. The molecule has 150 valence electrons. The first-order valence-electron chi connectivity index (χ1n) is 8.79. The van der Waals surface area contributed by atoms with Gasteiger partial charge in [-0.2, -0.15) is 4.98 Å². The van der Waals surface area contributed by atoms with Crippen LogP contribution in [0.3, 0.4) is 0 Å². The van der Waals surface area contributed by atoms with Crippen molar-refractivity contribution in [2.75, 3.05) is 0 Å². The van der Waals surface area contributed by atoms with Gasteiger partial charge in [-0.3, -0.25) is 4.79 Å². The standard InChI is InChI=1S/C20H12BrClN4O3S/c1-11-5-7-12(8-6-11)30(28,29)25-10-9-13-17(25)24-20(22)26-18(13)23-15-4-2-3-14(21)16(15)19(26)27/h2-10H,1H3. The van der Waals surface area contributed by atoms with Crippen molar-refractivity contribution in [3.05, 3.63) is 80.4 Å². The number of hydrogen-bond acceptors (Lipinski definition) is 5. The van der Waals surface area contributed by atoms with E-state index in [0.29, 0.717) is 20.8 Å². The molecule has 0 aliphatic heterocycles. The molecule has 0 bridgehead atoms. The fraction of sp³-hybridized carbons (Fsp3) is 0.0500. The van der Waals surface area contributed by atoms with Crippen molar-refractivity contribution in [2.45, 2.75) is 11.8 Å². The molecule has 0 aliphatic carbocycles. The maximum absolute atomic E-state index is 13.2. The Bertz CT molecular complexity index is 1660. The average molecular weight is 504 g/mol. The number of hydrogen-bond donors (Lipinski definition) is 0. The first kappa shape index (κ1) is 19.2. The Morgan fingerprint density at radius 1 is 1.00 bits per heavy atom. The quantitative estimate of drug-likeness (QED) is 0.267. The van der Waals surface area contributed by atoms with E-state index in [2.05, 4.69) is 25.9 Å². The molecule has 0 spiro atoms. The molecule has 5 rings (SSSR count). The SMILES string of the molecule is Cc1ccc(S(=O)(=O)n2ccc3c2nc(Cl)n2c(=O)c4c(Br)cccc4nc32)cc1. The normalized spacial score (nSPS) is 12.2. The fourth-order valence-electron chi connectivity index (χ4n) is 3.39. The van der Waals surface area contributed by atoms with E-state index in [1.807, 2.05) is 6.92 Å². The summed E-state index contributed by atoms with van der Waals surface area (Å²) in [7, 11) is -3.91. The molecule has 5 aromatic rings. The minimum atomic E-state index is -3.91. The zero-order chi connectivity index (χ0) is 21.2. The van der Waals surface area contributed by atoms with Gasteiger partial charge in [0.15, 0.2) is 11.3 Å². The summed E-state index contributed by atoms with van der Waals surface area (Å²) in [6, 6.07) is 13.3. The minimum Gasteiger partial charge on any atom is -0.268 e. The Balaban J connectivity index is 1.88. The highest BCUT2D eigenvalue weighted by Crippen LogP contribution is 2.27. The van der Waals surface area contributed by atoms with Gasteiger partial charge in [0.25, 0.3) is 15.6 Å². The number of rotatable bonds is 2. The van der Waals surface area contributed by atoms with Crippen LogP contribution in [0.5, 0.6) is 0 Å². The Labute approximate surface area is 183 Å². The van der Waals surface area contributed by atoms with Crippen molar-refractivity contribution in [1.29, 1.82) is 0 Å². The molecular formula is C20H12BrClN4O3S. The summed E-state index contributed by atoms with van der Waals surface area (Å²) in [5, 5.41) is 0.588. The summed E-state index contributed by atoms with van der Waals surface area (Å²) in [4.78, 5) is 22.0. The van der Waals surface area contributed by atoms with Gasteiger partial charge >= 0.3 is 0 Å². The van der Waals surface area contributed by atoms with E-state index in [0.717, 1.165) is 9.54 Å². The smallest absolute Gasteiger partial charge is 0.268 e. The van der Waals surface area contributed by atoms with Crippen LogP contribution in [0.1, 0.15) is 5.56 Å². The maximum Gasteiger partial charge on any atom is 0.269 e. The highest BCUT2D eigenvalue weighted by Gasteiger charge is 2.23. The van der Waals surface area contributed by atoms with E-state index in [-0.39, 0.29) is 21.5 Å².